The van der Waals surface area contributed by atoms with Crippen LogP contribution in [0.2, 0.25) is 0 Å². The molecule has 1 aliphatic rings. The zero-order chi connectivity index (χ0) is 10.8. The van der Waals surface area contributed by atoms with Gasteiger partial charge in [0.15, 0.2) is 0 Å². The molecule has 1 saturated carbocycles. The number of aromatic nitrogens is 2. The molecule has 0 aromatic carbocycles. The lowest BCUT2D eigenvalue weighted by molar-refractivity contribution is 0.399. The van der Waals surface area contributed by atoms with Crippen LogP contribution < -0.4 is 0 Å². The molecule has 1 aromatic heterocycles. The van der Waals surface area contributed by atoms with Gasteiger partial charge < -0.3 is 0 Å². The third kappa shape index (κ3) is 2.15. The van der Waals surface area contributed by atoms with Crippen molar-refractivity contribution < 1.29 is 0 Å². The fraction of sp³-hybridized carbons (Fsp3) is 0.667. The molecule has 0 radical (unpaired) electrons. The Bertz CT molecular complexity index is 345. The van der Waals surface area contributed by atoms with Crippen LogP contribution in [0.3, 0.4) is 0 Å². The normalized spacial score (nSPS) is 16.8. The van der Waals surface area contributed by atoms with Crippen molar-refractivity contribution in [3.63, 3.8) is 0 Å². The monoisotopic (exact) mass is 224 g/mol. The predicted molar refractivity (Wildman–Crippen MR) is 62.3 cm³/mol. The van der Waals surface area contributed by atoms with Crippen LogP contribution in [-0.4, -0.2) is 9.97 Å². The molecule has 0 atom stereocenters. The van der Waals surface area contributed by atoms with Crippen LogP contribution in [-0.2, 0) is 5.88 Å². The van der Waals surface area contributed by atoms with Crippen LogP contribution in [0.25, 0.3) is 0 Å². The Morgan fingerprint density at radius 2 is 2.20 bits per heavy atom. The summed E-state index contributed by atoms with van der Waals surface area (Å²) in [5.41, 5.74) is 2.21. The van der Waals surface area contributed by atoms with Crippen LogP contribution >= 0.6 is 11.6 Å². The third-order valence-corrected chi connectivity index (χ3v) is 3.37. The van der Waals surface area contributed by atoms with E-state index >= 15 is 0 Å². The van der Waals surface area contributed by atoms with Crippen molar-refractivity contribution >= 4 is 11.6 Å². The molecule has 1 aliphatic carbocycles. The van der Waals surface area contributed by atoms with Gasteiger partial charge in [0.2, 0.25) is 0 Å². The highest BCUT2D eigenvalue weighted by atomic mass is 35.5. The van der Waals surface area contributed by atoms with Crippen molar-refractivity contribution in [3.8, 4) is 0 Å². The molecule has 1 fully saturated rings. The summed E-state index contributed by atoms with van der Waals surface area (Å²) in [4.78, 5) is 9.09. The molecule has 82 valence electrons. The van der Waals surface area contributed by atoms with Crippen molar-refractivity contribution in [2.24, 2.45) is 0 Å². The van der Waals surface area contributed by atoms with Gasteiger partial charge in [-0.15, -0.1) is 11.6 Å². The SMILES string of the molecule is CC(C)c1nc(C2CCC2)ncc1CCl. The van der Waals surface area contributed by atoms with E-state index in [1.54, 1.807) is 0 Å². The highest BCUT2D eigenvalue weighted by Gasteiger charge is 2.23. The molecule has 0 saturated heterocycles. The Hall–Kier alpha value is -0.630. The third-order valence-electron chi connectivity index (χ3n) is 3.08. The van der Waals surface area contributed by atoms with Crippen molar-refractivity contribution in [2.75, 3.05) is 0 Å². The van der Waals surface area contributed by atoms with Crippen LogP contribution in [0.4, 0.5) is 0 Å². The Morgan fingerprint density at radius 3 is 2.67 bits per heavy atom. The van der Waals surface area contributed by atoms with E-state index in [0.29, 0.717) is 17.7 Å². The van der Waals surface area contributed by atoms with Crippen LogP contribution in [0.15, 0.2) is 6.20 Å². The summed E-state index contributed by atoms with van der Waals surface area (Å²) in [6.07, 6.45) is 5.72. The number of alkyl halides is 1. The molecule has 0 unspecified atom stereocenters. The van der Waals surface area contributed by atoms with Gasteiger partial charge in [0.05, 0.1) is 11.6 Å². The maximum atomic E-state index is 5.88. The van der Waals surface area contributed by atoms with E-state index in [-0.39, 0.29) is 0 Å². The van der Waals surface area contributed by atoms with Gasteiger partial charge in [-0.1, -0.05) is 20.3 Å². The van der Waals surface area contributed by atoms with Crippen molar-refractivity contribution in [2.45, 2.75) is 50.8 Å². The number of nitrogens with zero attached hydrogens (tertiary/aromatic N) is 2. The average molecular weight is 225 g/mol. The van der Waals surface area contributed by atoms with Gasteiger partial charge in [0, 0.05) is 17.7 Å². The molecular weight excluding hydrogens is 208 g/mol. The lowest BCUT2D eigenvalue weighted by Crippen LogP contribution is -2.15. The van der Waals surface area contributed by atoms with Crippen molar-refractivity contribution in [3.05, 3.63) is 23.3 Å². The molecule has 1 heterocycles. The molecular formula is C12H17ClN2. The van der Waals surface area contributed by atoms with Crippen molar-refractivity contribution in [1.29, 1.82) is 0 Å². The quantitative estimate of drug-likeness (QED) is 0.734. The first-order valence-electron chi connectivity index (χ1n) is 5.64. The minimum Gasteiger partial charge on any atom is -0.241 e. The lowest BCUT2D eigenvalue weighted by atomic mass is 9.84. The summed E-state index contributed by atoms with van der Waals surface area (Å²) >= 11 is 5.88. The Labute approximate surface area is 96.1 Å². The first-order valence-corrected chi connectivity index (χ1v) is 6.17. The van der Waals surface area contributed by atoms with E-state index in [4.69, 9.17) is 11.6 Å². The van der Waals surface area contributed by atoms with E-state index in [9.17, 15) is 0 Å². The molecule has 0 aliphatic heterocycles. The second kappa shape index (κ2) is 4.48. The topological polar surface area (TPSA) is 25.8 Å². The van der Waals surface area contributed by atoms with Crippen LogP contribution in [0.5, 0.6) is 0 Å². The van der Waals surface area contributed by atoms with E-state index in [1.807, 2.05) is 6.20 Å². The summed E-state index contributed by atoms with van der Waals surface area (Å²) < 4.78 is 0. The average Bonchev–Trinajstić information content (AvgIpc) is 2.15. The lowest BCUT2D eigenvalue weighted by Gasteiger charge is -2.24. The smallest absolute Gasteiger partial charge is 0.131 e. The summed E-state index contributed by atoms with van der Waals surface area (Å²) in [6, 6.07) is 0. The number of hydrogen-bond donors (Lipinski definition) is 0. The van der Waals surface area contributed by atoms with Gasteiger partial charge >= 0.3 is 0 Å². The first-order chi connectivity index (χ1) is 7.22. The second-order valence-electron chi connectivity index (χ2n) is 4.55. The van der Waals surface area contributed by atoms with Crippen LogP contribution in [0, 0.1) is 0 Å². The summed E-state index contributed by atoms with van der Waals surface area (Å²) in [7, 11) is 0. The molecule has 0 amide bonds. The molecule has 1 aromatic rings. The zero-order valence-electron chi connectivity index (χ0n) is 9.33. The predicted octanol–water partition coefficient (Wildman–Crippen LogP) is 3.61. The molecule has 0 bridgehead atoms. The molecule has 0 spiro atoms. The van der Waals surface area contributed by atoms with E-state index in [2.05, 4.69) is 23.8 Å². The van der Waals surface area contributed by atoms with Gasteiger partial charge in [0.25, 0.3) is 0 Å². The highest BCUT2D eigenvalue weighted by molar-refractivity contribution is 6.17. The van der Waals surface area contributed by atoms with Crippen LogP contribution in [0.1, 0.15) is 62.0 Å². The highest BCUT2D eigenvalue weighted by Crippen LogP contribution is 2.35. The van der Waals surface area contributed by atoms with E-state index < -0.39 is 0 Å². The van der Waals surface area contributed by atoms with E-state index in [0.717, 1.165) is 17.1 Å². The molecule has 15 heavy (non-hydrogen) atoms. The molecule has 0 N–H and O–H groups in total. The fourth-order valence-electron chi connectivity index (χ4n) is 1.90. The number of halogens is 1. The number of hydrogen-bond acceptors (Lipinski definition) is 2. The van der Waals surface area contributed by atoms with Gasteiger partial charge in [-0.3, -0.25) is 0 Å². The molecule has 2 nitrogen and oxygen atoms in total. The molecule has 2 rings (SSSR count). The van der Waals surface area contributed by atoms with Gasteiger partial charge in [-0.25, -0.2) is 9.97 Å². The number of rotatable bonds is 3. The second-order valence-corrected chi connectivity index (χ2v) is 4.82. The summed E-state index contributed by atoms with van der Waals surface area (Å²) in [5.74, 6) is 2.57. The van der Waals surface area contributed by atoms with Gasteiger partial charge in [-0.2, -0.15) is 0 Å². The standard InChI is InChI=1S/C12H17ClN2/c1-8(2)11-10(6-13)7-14-12(15-11)9-4-3-5-9/h7-9H,3-6H2,1-2H3. The van der Waals surface area contributed by atoms with E-state index in [1.165, 1.54) is 19.3 Å². The first kappa shape index (κ1) is 10.9. The Kier molecular flexibility index (Phi) is 3.25. The van der Waals surface area contributed by atoms with Gasteiger partial charge in [-0.05, 0) is 18.8 Å². The van der Waals surface area contributed by atoms with Gasteiger partial charge in [0.1, 0.15) is 5.82 Å². The summed E-state index contributed by atoms with van der Waals surface area (Å²) in [5, 5.41) is 0. The maximum absolute atomic E-state index is 5.88. The van der Waals surface area contributed by atoms with Crippen molar-refractivity contribution in [1.82, 2.24) is 9.97 Å². The largest absolute Gasteiger partial charge is 0.241 e. The zero-order valence-corrected chi connectivity index (χ0v) is 10.1. The Morgan fingerprint density at radius 1 is 1.47 bits per heavy atom. The minimum absolute atomic E-state index is 0.431. The summed E-state index contributed by atoms with van der Waals surface area (Å²) in [6.45, 7) is 4.31. The molecule has 3 heteroatoms. The minimum atomic E-state index is 0.431. The Balaban J connectivity index is 2.31. The fourth-order valence-corrected chi connectivity index (χ4v) is 2.11. The maximum Gasteiger partial charge on any atom is 0.131 e.